The Morgan fingerprint density at radius 2 is 2.08 bits per heavy atom. The van der Waals surface area contributed by atoms with Crippen molar-refractivity contribution in [2.24, 2.45) is 0 Å². The Bertz CT molecular complexity index is 757. The minimum atomic E-state index is -0.416. The highest BCUT2D eigenvalue weighted by atomic mass is 35.5. The van der Waals surface area contributed by atoms with Crippen molar-refractivity contribution in [3.8, 4) is 0 Å². The van der Waals surface area contributed by atoms with Gasteiger partial charge in [-0.1, -0.05) is 29.8 Å². The maximum atomic E-state index is 12.5. The topological polar surface area (TPSA) is 55.4 Å². The first kappa shape index (κ1) is 17.0. The first-order valence-electron chi connectivity index (χ1n) is 7.96. The highest BCUT2D eigenvalue weighted by molar-refractivity contribution is 7.16. The summed E-state index contributed by atoms with van der Waals surface area (Å²) < 4.78 is 5.59. The van der Waals surface area contributed by atoms with Crippen molar-refractivity contribution in [3.05, 3.63) is 56.2 Å². The molecule has 1 aliphatic rings. The minimum absolute atomic E-state index is 0.148. The second-order valence-electron chi connectivity index (χ2n) is 5.59. The summed E-state index contributed by atoms with van der Waals surface area (Å²) in [4.78, 5) is 25.8. The summed E-state index contributed by atoms with van der Waals surface area (Å²) in [5.74, 6) is -0.563. The molecule has 24 heavy (non-hydrogen) atoms. The van der Waals surface area contributed by atoms with E-state index in [0.29, 0.717) is 22.1 Å². The Hall–Kier alpha value is -1.85. The molecule has 0 saturated carbocycles. The van der Waals surface area contributed by atoms with Crippen LogP contribution in [-0.2, 0) is 11.2 Å². The number of hydrogen-bond donors (Lipinski definition) is 1. The van der Waals surface area contributed by atoms with E-state index >= 15 is 0 Å². The van der Waals surface area contributed by atoms with Gasteiger partial charge in [0.25, 0.3) is 5.91 Å². The lowest BCUT2D eigenvalue weighted by Crippen LogP contribution is -2.31. The number of fused-ring (bicyclic) bond motifs is 1. The predicted octanol–water partition coefficient (Wildman–Crippen LogP) is 4.39. The number of halogens is 1. The van der Waals surface area contributed by atoms with E-state index in [1.165, 1.54) is 11.3 Å². The summed E-state index contributed by atoms with van der Waals surface area (Å²) in [6, 6.07) is 8.84. The quantitative estimate of drug-likeness (QED) is 0.820. The van der Waals surface area contributed by atoms with Crippen LogP contribution in [-0.4, -0.2) is 18.5 Å². The van der Waals surface area contributed by atoms with E-state index in [4.69, 9.17) is 16.3 Å². The zero-order chi connectivity index (χ0) is 17.1. The molecule has 0 fully saturated rings. The molecule has 1 aromatic heterocycles. The number of hydrogen-bond acceptors (Lipinski definition) is 4. The maximum Gasteiger partial charge on any atom is 0.340 e. The van der Waals surface area contributed by atoms with Crippen LogP contribution in [0.25, 0.3) is 0 Å². The first-order valence-corrected chi connectivity index (χ1v) is 9.15. The lowest BCUT2D eigenvalue weighted by molar-refractivity contribution is 0.0523. The summed E-state index contributed by atoms with van der Waals surface area (Å²) in [5, 5.41) is 3.04. The molecule has 6 heteroatoms. The first-order chi connectivity index (χ1) is 11.6. The molecule has 0 bridgehead atoms. The van der Waals surface area contributed by atoms with Crippen molar-refractivity contribution in [3.63, 3.8) is 0 Å². The van der Waals surface area contributed by atoms with E-state index in [2.05, 4.69) is 5.32 Å². The smallest absolute Gasteiger partial charge is 0.340 e. The van der Waals surface area contributed by atoms with Gasteiger partial charge in [0.15, 0.2) is 0 Å². The van der Waals surface area contributed by atoms with Crippen LogP contribution in [0.1, 0.15) is 57.0 Å². The Morgan fingerprint density at radius 3 is 2.79 bits per heavy atom. The molecule has 0 saturated heterocycles. The molecule has 1 N–H and O–H groups in total. The van der Waals surface area contributed by atoms with Crippen molar-refractivity contribution in [2.45, 2.75) is 32.2 Å². The normalized spacial score (nSPS) is 16.3. The number of esters is 1. The van der Waals surface area contributed by atoms with Gasteiger partial charge in [0.2, 0.25) is 0 Å². The molecule has 1 aromatic carbocycles. The second-order valence-corrected chi connectivity index (χ2v) is 7.30. The largest absolute Gasteiger partial charge is 0.462 e. The van der Waals surface area contributed by atoms with Crippen molar-refractivity contribution in [2.75, 3.05) is 6.61 Å². The molecular formula is C18H18ClNO3S. The van der Waals surface area contributed by atoms with Crippen LogP contribution >= 0.6 is 22.9 Å². The Balaban J connectivity index is 1.91. The zero-order valence-electron chi connectivity index (χ0n) is 13.3. The molecule has 1 unspecified atom stereocenters. The van der Waals surface area contributed by atoms with Gasteiger partial charge in [-0.25, -0.2) is 4.79 Å². The lowest BCUT2D eigenvalue weighted by Gasteiger charge is -2.25. The molecule has 0 radical (unpaired) electrons. The Labute approximate surface area is 149 Å². The molecule has 0 spiro atoms. The van der Waals surface area contributed by atoms with E-state index in [-0.39, 0.29) is 11.9 Å². The fourth-order valence-corrected chi connectivity index (χ4v) is 4.56. The van der Waals surface area contributed by atoms with Gasteiger partial charge in [0.1, 0.15) is 4.34 Å². The zero-order valence-corrected chi connectivity index (χ0v) is 14.9. The number of aryl methyl sites for hydroxylation is 1. The van der Waals surface area contributed by atoms with Crippen LogP contribution in [0.3, 0.4) is 0 Å². The van der Waals surface area contributed by atoms with Crippen LogP contribution in [0.5, 0.6) is 0 Å². The Kier molecular flexibility index (Phi) is 5.21. The molecular weight excluding hydrogens is 346 g/mol. The minimum Gasteiger partial charge on any atom is -0.462 e. The average Bonchev–Trinajstić information content (AvgIpc) is 2.93. The summed E-state index contributed by atoms with van der Waals surface area (Å²) >= 11 is 7.70. The van der Waals surface area contributed by atoms with Crippen LogP contribution in [0.4, 0.5) is 0 Å². The number of benzene rings is 1. The molecule has 126 valence electrons. The summed E-state index contributed by atoms with van der Waals surface area (Å²) in [5.41, 5.74) is 1.85. The molecule has 3 rings (SSSR count). The third kappa shape index (κ3) is 3.32. The van der Waals surface area contributed by atoms with Gasteiger partial charge in [-0.15, -0.1) is 11.3 Å². The van der Waals surface area contributed by atoms with E-state index in [0.717, 1.165) is 29.7 Å². The summed E-state index contributed by atoms with van der Waals surface area (Å²) in [6.07, 6.45) is 2.60. The highest BCUT2D eigenvalue weighted by Gasteiger charge is 2.32. The maximum absolute atomic E-state index is 12.5. The van der Waals surface area contributed by atoms with Gasteiger partial charge >= 0.3 is 5.97 Å². The number of carbonyl (C=O) groups is 2. The number of amides is 1. The summed E-state index contributed by atoms with van der Waals surface area (Å²) in [7, 11) is 0. The van der Waals surface area contributed by atoms with Gasteiger partial charge in [0, 0.05) is 16.0 Å². The van der Waals surface area contributed by atoms with Gasteiger partial charge in [-0.2, -0.15) is 0 Å². The van der Waals surface area contributed by atoms with Gasteiger partial charge in [0.05, 0.1) is 18.2 Å². The van der Waals surface area contributed by atoms with Gasteiger partial charge < -0.3 is 10.1 Å². The fourth-order valence-electron chi connectivity index (χ4n) is 2.99. The van der Waals surface area contributed by atoms with Crippen molar-refractivity contribution >= 4 is 34.8 Å². The number of carbonyl (C=O) groups excluding carboxylic acids is 2. The van der Waals surface area contributed by atoms with Crippen molar-refractivity contribution in [1.82, 2.24) is 5.32 Å². The fraction of sp³-hybridized carbons (Fsp3) is 0.333. The third-order valence-electron chi connectivity index (χ3n) is 4.05. The van der Waals surface area contributed by atoms with Crippen molar-refractivity contribution < 1.29 is 14.3 Å². The van der Waals surface area contributed by atoms with Gasteiger partial charge in [-0.3, -0.25) is 4.79 Å². The van der Waals surface area contributed by atoms with Crippen LogP contribution in [0.2, 0.25) is 4.34 Å². The van der Waals surface area contributed by atoms with Crippen LogP contribution in [0.15, 0.2) is 30.3 Å². The lowest BCUT2D eigenvalue weighted by atomic mass is 9.90. The van der Waals surface area contributed by atoms with E-state index in [9.17, 15) is 9.59 Å². The molecule has 1 amide bonds. The third-order valence-corrected chi connectivity index (χ3v) is 5.52. The number of nitrogens with one attached hydrogen (secondary N) is 1. The molecule has 1 atom stereocenters. The number of rotatable bonds is 4. The number of ether oxygens (including phenoxy) is 1. The summed E-state index contributed by atoms with van der Waals surface area (Å²) in [6.45, 7) is 2.06. The monoisotopic (exact) mass is 363 g/mol. The molecule has 4 nitrogen and oxygen atoms in total. The Morgan fingerprint density at radius 1 is 1.33 bits per heavy atom. The average molecular weight is 364 g/mol. The van der Waals surface area contributed by atoms with E-state index < -0.39 is 5.97 Å². The van der Waals surface area contributed by atoms with E-state index in [1.54, 1.807) is 19.1 Å². The number of thiophene rings is 1. The standard InChI is InChI=1S/C18H18ClNO3S/c1-2-23-18(22)15-14-12(9-6-10-13(14)24-16(15)19)20-17(21)11-7-4-3-5-8-11/h3-5,7-8,12H,2,6,9-10H2,1H3,(H,20,21). The van der Waals surface area contributed by atoms with Crippen molar-refractivity contribution in [1.29, 1.82) is 0 Å². The SMILES string of the molecule is CCOC(=O)c1c(Cl)sc2c1C(NC(=O)c1ccccc1)CCC2. The van der Waals surface area contributed by atoms with Crippen LogP contribution in [0, 0.1) is 0 Å². The second kappa shape index (κ2) is 7.36. The predicted molar refractivity (Wildman–Crippen MR) is 94.9 cm³/mol. The van der Waals surface area contributed by atoms with Gasteiger partial charge in [-0.05, 0) is 38.3 Å². The molecule has 2 aromatic rings. The highest BCUT2D eigenvalue weighted by Crippen LogP contribution is 2.42. The molecule has 1 heterocycles. The molecule has 0 aliphatic heterocycles. The molecule has 1 aliphatic carbocycles. The van der Waals surface area contributed by atoms with Crippen LogP contribution < -0.4 is 5.32 Å². The van der Waals surface area contributed by atoms with E-state index in [1.807, 2.05) is 18.2 Å².